The summed E-state index contributed by atoms with van der Waals surface area (Å²) in [5, 5.41) is 6.99. The van der Waals surface area contributed by atoms with Crippen molar-refractivity contribution in [3.8, 4) is 0 Å². The molecule has 64 valence electrons. The van der Waals surface area contributed by atoms with E-state index in [4.69, 9.17) is 15.8 Å². The Morgan fingerprint density at radius 2 is 1.83 bits per heavy atom. The molecular weight excluding hydrogens is 160 g/mol. The van der Waals surface area contributed by atoms with E-state index in [0.717, 1.165) is 0 Å². The summed E-state index contributed by atoms with van der Waals surface area (Å²) in [5.41, 5.74) is 16.4. The highest BCUT2D eigenvalue weighted by molar-refractivity contribution is 4.85. The van der Waals surface area contributed by atoms with E-state index in [2.05, 4.69) is 20.1 Å². The third-order valence-electron chi connectivity index (χ3n) is 1.69. The number of ether oxygens (including phenoxy) is 1. The standard InChI is InChI=1S/C5H8N6O/c6-10-8-4-1-2-12-3-5(4)9-11-7/h4-5H,1-3H2/t4-,5+/m1/s1. The van der Waals surface area contributed by atoms with Gasteiger partial charge >= 0.3 is 0 Å². The number of azide groups is 2. The van der Waals surface area contributed by atoms with Crippen molar-refractivity contribution in [1.29, 1.82) is 0 Å². The summed E-state index contributed by atoms with van der Waals surface area (Å²) in [6.07, 6.45) is 0.619. The molecule has 0 bridgehead atoms. The smallest absolute Gasteiger partial charge is 0.0693 e. The second-order valence-corrected chi connectivity index (χ2v) is 2.41. The first-order valence-electron chi connectivity index (χ1n) is 3.54. The first-order chi connectivity index (χ1) is 5.88. The Kier molecular flexibility index (Phi) is 3.22. The summed E-state index contributed by atoms with van der Waals surface area (Å²) in [6.45, 7) is 0.898. The van der Waals surface area contributed by atoms with Gasteiger partial charge < -0.3 is 4.74 Å². The van der Waals surface area contributed by atoms with Crippen molar-refractivity contribution in [2.45, 2.75) is 18.5 Å². The highest BCUT2D eigenvalue weighted by atomic mass is 16.5. The van der Waals surface area contributed by atoms with Crippen LogP contribution in [0.3, 0.4) is 0 Å². The predicted molar refractivity (Wildman–Crippen MR) is 41.3 cm³/mol. The molecule has 1 rings (SSSR count). The van der Waals surface area contributed by atoms with Crippen LogP contribution < -0.4 is 0 Å². The molecule has 0 amide bonds. The Hall–Kier alpha value is -1.42. The molecule has 1 aliphatic heterocycles. The van der Waals surface area contributed by atoms with Gasteiger partial charge in [0.25, 0.3) is 0 Å². The van der Waals surface area contributed by atoms with Crippen LogP contribution in [0, 0.1) is 0 Å². The lowest BCUT2D eigenvalue weighted by atomic mass is 10.1. The van der Waals surface area contributed by atoms with Crippen molar-refractivity contribution in [2.75, 3.05) is 13.2 Å². The van der Waals surface area contributed by atoms with Gasteiger partial charge in [-0.05, 0) is 17.5 Å². The van der Waals surface area contributed by atoms with Crippen molar-refractivity contribution in [2.24, 2.45) is 10.2 Å². The van der Waals surface area contributed by atoms with Gasteiger partial charge in [0.15, 0.2) is 0 Å². The van der Waals surface area contributed by atoms with E-state index in [-0.39, 0.29) is 12.1 Å². The van der Waals surface area contributed by atoms with Gasteiger partial charge in [-0.3, -0.25) is 0 Å². The summed E-state index contributed by atoms with van der Waals surface area (Å²) in [7, 11) is 0. The first kappa shape index (κ1) is 8.67. The fourth-order valence-corrected chi connectivity index (χ4v) is 1.09. The summed E-state index contributed by atoms with van der Waals surface area (Å²) in [6, 6.07) is -0.598. The molecule has 2 atom stereocenters. The molecule has 1 aliphatic rings. The lowest BCUT2D eigenvalue weighted by Crippen LogP contribution is -2.33. The van der Waals surface area contributed by atoms with Crippen molar-refractivity contribution < 1.29 is 4.74 Å². The van der Waals surface area contributed by atoms with E-state index in [1.807, 2.05) is 0 Å². The van der Waals surface area contributed by atoms with Crippen LogP contribution in [0.1, 0.15) is 6.42 Å². The quantitative estimate of drug-likeness (QED) is 0.349. The van der Waals surface area contributed by atoms with Gasteiger partial charge in [-0.15, -0.1) is 0 Å². The molecule has 0 aromatic carbocycles. The monoisotopic (exact) mass is 168 g/mol. The van der Waals surface area contributed by atoms with Crippen molar-refractivity contribution in [1.82, 2.24) is 0 Å². The molecule has 0 aromatic rings. The molecule has 0 aromatic heterocycles. The number of hydrogen-bond acceptors (Lipinski definition) is 3. The second-order valence-electron chi connectivity index (χ2n) is 2.41. The fraction of sp³-hybridized carbons (Fsp3) is 1.00. The summed E-state index contributed by atoms with van der Waals surface area (Å²) < 4.78 is 5.06. The molecule has 1 fully saturated rings. The topological polar surface area (TPSA) is 107 Å². The molecule has 0 aliphatic carbocycles. The molecule has 7 heteroatoms. The molecule has 0 spiro atoms. The van der Waals surface area contributed by atoms with Crippen LogP contribution in [-0.4, -0.2) is 25.3 Å². The van der Waals surface area contributed by atoms with Crippen LogP contribution in [0.15, 0.2) is 10.2 Å². The zero-order valence-electron chi connectivity index (χ0n) is 6.37. The van der Waals surface area contributed by atoms with Crippen LogP contribution in [0.4, 0.5) is 0 Å². The minimum absolute atomic E-state index is 0.250. The first-order valence-corrected chi connectivity index (χ1v) is 3.54. The summed E-state index contributed by atoms with van der Waals surface area (Å²) in [4.78, 5) is 5.33. The van der Waals surface area contributed by atoms with Crippen LogP contribution in [-0.2, 0) is 4.74 Å². The van der Waals surface area contributed by atoms with Crippen LogP contribution in [0.5, 0.6) is 0 Å². The molecule has 0 unspecified atom stereocenters. The van der Waals surface area contributed by atoms with Crippen LogP contribution >= 0.6 is 0 Å². The Morgan fingerprint density at radius 1 is 1.17 bits per heavy atom. The largest absolute Gasteiger partial charge is 0.381 e. The molecule has 0 radical (unpaired) electrons. The Labute approximate surface area is 68.6 Å². The van der Waals surface area contributed by atoms with Crippen LogP contribution in [0.2, 0.25) is 0 Å². The number of nitrogens with zero attached hydrogens (tertiary/aromatic N) is 6. The fourth-order valence-electron chi connectivity index (χ4n) is 1.09. The van der Waals surface area contributed by atoms with Gasteiger partial charge in [0.1, 0.15) is 0 Å². The Balaban J connectivity index is 2.65. The van der Waals surface area contributed by atoms with Gasteiger partial charge in [-0.25, -0.2) is 0 Å². The highest BCUT2D eigenvalue weighted by Crippen LogP contribution is 2.14. The average Bonchev–Trinajstić information content (AvgIpc) is 2.09. The normalized spacial score (nSPS) is 28.3. The number of rotatable bonds is 2. The van der Waals surface area contributed by atoms with Gasteiger partial charge in [0, 0.05) is 16.4 Å². The van der Waals surface area contributed by atoms with E-state index >= 15 is 0 Å². The molecule has 12 heavy (non-hydrogen) atoms. The van der Waals surface area contributed by atoms with Crippen molar-refractivity contribution in [3.63, 3.8) is 0 Å². The zero-order valence-corrected chi connectivity index (χ0v) is 6.37. The molecular formula is C5H8N6O. The maximum atomic E-state index is 8.19. The van der Waals surface area contributed by atoms with E-state index in [0.29, 0.717) is 19.6 Å². The SMILES string of the molecule is [N-]=[N+]=N[C@H]1COCC[C@H]1N=[N+]=[N-]. The summed E-state index contributed by atoms with van der Waals surface area (Å²) >= 11 is 0. The second kappa shape index (κ2) is 4.46. The summed E-state index contributed by atoms with van der Waals surface area (Å²) in [5.74, 6) is 0. The van der Waals surface area contributed by atoms with Gasteiger partial charge in [-0.2, -0.15) is 0 Å². The van der Waals surface area contributed by atoms with Crippen molar-refractivity contribution in [3.05, 3.63) is 20.9 Å². The Morgan fingerprint density at radius 3 is 2.50 bits per heavy atom. The highest BCUT2D eigenvalue weighted by Gasteiger charge is 2.23. The minimum Gasteiger partial charge on any atom is -0.381 e. The molecule has 0 N–H and O–H groups in total. The van der Waals surface area contributed by atoms with Crippen LogP contribution in [0.25, 0.3) is 20.9 Å². The van der Waals surface area contributed by atoms with E-state index in [1.54, 1.807) is 0 Å². The lowest BCUT2D eigenvalue weighted by Gasteiger charge is -2.23. The Bertz CT molecular complexity index is 214. The molecule has 1 saturated heterocycles. The third-order valence-corrected chi connectivity index (χ3v) is 1.69. The number of hydrogen-bond donors (Lipinski definition) is 0. The van der Waals surface area contributed by atoms with E-state index < -0.39 is 0 Å². The minimum atomic E-state index is -0.348. The maximum absolute atomic E-state index is 8.19. The third kappa shape index (κ3) is 2.03. The molecule has 0 saturated carbocycles. The lowest BCUT2D eigenvalue weighted by molar-refractivity contribution is 0.0713. The molecule has 1 heterocycles. The van der Waals surface area contributed by atoms with E-state index in [9.17, 15) is 0 Å². The maximum Gasteiger partial charge on any atom is 0.0693 e. The van der Waals surface area contributed by atoms with Gasteiger partial charge in [0.05, 0.1) is 18.7 Å². The molecule has 7 nitrogen and oxygen atoms in total. The van der Waals surface area contributed by atoms with Crippen molar-refractivity contribution >= 4 is 0 Å². The predicted octanol–water partition coefficient (Wildman–Crippen LogP) is 1.76. The average molecular weight is 168 g/mol. The van der Waals surface area contributed by atoms with E-state index in [1.165, 1.54) is 0 Å². The van der Waals surface area contributed by atoms with Gasteiger partial charge in [0.2, 0.25) is 0 Å². The van der Waals surface area contributed by atoms with Gasteiger partial charge in [-0.1, -0.05) is 10.2 Å². The zero-order chi connectivity index (χ0) is 8.81.